The van der Waals surface area contributed by atoms with Crippen molar-refractivity contribution < 1.29 is 4.39 Å². The Bertz CT molecular complexity index is 899. The molecule has 1 aromatic carbocycles. The Hall–Kier alpha value is -2.47. The molecule has 23 heavy (non-hydrogen) atoms. The van der Waals surface area contributed by atoms with Gasteiger partial charge in [0, 0.05) is 17.0 Å². The number of hydrogen-bond acceptors (Lipinski definition) is 5. The molecule has 0 saturated heterocycles. The Morgan fingerprint density at radius 1 is 1.26 bits per heavy atom. The summed E-state index contributed by atoms with van der Waals surface area (Å²) in [7, 11) is 0. The summed E-state index contributed by atoms with van der Waals surface area (Å²) in [6, 6.07) is 5.33. The molecule has 0 amide bonds. The van der Waals surface area contributed by atoms with E-state index in [0.29, 0.717) is 6.04 Å². The lowest BCUT2D eigenvalue weighted by molar-refractivity contribution is 0.632. The summed E-state index contributed by atoms with van der Waals surface area (Å²) in [6.45, 7) is 0. The van der Waals surface area contributed by atoms with Crippen LogP contribution < -0.4 is 11.1 Å². The third-order valence-corrected chi connectivity index (χ3v) is 4.77. The zero-order valence-electron chi connectivity index (χ0n) is 12.3. The zero-order valence-corrected chi connectivity index (χ0v) is 13.1. The molecule has 2 heterocycles. The van der Waals surface area contributed by atoms with Gasteiger partial charge in [-0.15, -0.1) is 11.3 Å². The topological polar surface area (TPSA) is 63.8 Å². The molecule has 0 atom stereocenters. The summed E-state index contributed by atoms with van der Waals surface area (Å²) in [6.07, 6.45) is 7.79. The molecule has 2 aromatic heterocycles. The van der Waals surface area contributed by atoms with Crippen LogP contribution in [0.5, 0.6) is 0 Å². The van der Waals surface area contributed by atoms with Crippen LogP contribution in [0.3, 0.4) is 0 Å². The summed E-state index contributed by atoms with van der Waals surface area (Å²) >= 11 is 1.62. The van der Waals surface area contributed by atoms with Crippen molar-refractivity contribution in [3.63, 3.8) is 0 Å². The Morgan fingerprint density at radius 2 is 2.13 bits per heavy atom. The number of nitrogens with one attached hydrogen (secondary N) is 1. The average molecular weight is 326 g/mol. The van der Waals surface area contributed by atoms with Crippen molar-refractivity contribution >= 4 is 45.2 Å². The molecule has 1 aliphatic rings. The standard InChI is InChI=1S/C17H15FN4S/c18-13-7-10(2-6-14(13)19)1-3-11-8-23-16-15(11)20-9-21-17(16)22-12-4-5-12/h1-3,6-9,12H,4-5,19H2,(H,20,21,22). The lowest BCUT2D eigenvalue weighted by Gasteiger charge is -2.03. The van der Waals surface area contributed by atoms with E-state index >= 15 is 0 Å². The molecule has 116 valence electrons. The number of fused-ring (bicyclic) bond motifs is 1. The van der Waals surface area contributed by atoms with Crippen LogP contribution in [0.2, 0.25) is 0 Å². The van der Waals surface area contributed by atoms with Gasteiger partial charge in [-0.1, -0.05) is 18.2 Å². The highest BCUT2D eigenvalue weighted by molar-refractivity contribution is 7.18. The number of hydrogen-bond donors (Lipinski definition) is 2. The lowest BCUT2D eigenvalue weighted by atomic mass is 10.1. The van der Waals surface area contributed by atoms with Gasteiger partial charge in [0.2, 0.25) is 0 Å². The van der Waals surface area contributed by atoms with Gasteiger partial charge < -0.3 is 11.1 Å². The highest BCUT2D eigenvalue weighted by Gasteiger charge is 2.22. The number of nitrogens with zero attached hydrogens (tertiary/aromatic N) is 2. The number of benzene rings is 1. The molecule has 0 bridgehead atoms. The number of nitrogen functional groups attached to an aromatic ring is 1. The number of aromatic nitrogens is 2. The second kappa shape index (κ2) is 5.62. The highest BCUT2D eigenvalue weighted by atomic mass is 32.1. The predicted molar refractivity (Wildman–Crippen MR) is 93.8 cm³/mol. The number of anilines is 2. The fraction of sp³-hybridized carbons (Fsp3) is 0.176. The van der Waals surface area contributed by atoms with Crippen molar-refractivity contribution in [1.82, 2.24) is 9.97 Å². The maximum atomic E-state index is 13.5. The fourth-order valence-electron chi connectivity index (χ4n) is 2.34. The summed E-state index contributed by atoms with van der Waals surface area (Å²) in [5.74, 6) is 0.501. The van der Waals surface area contributed by atoms with E-state index in [1.807, 2.05) is 17.5 Å². The SMILES string of the molecule is Nc1ccc(C=Cc2csc3c(NC4CC4)ncnc23)cc1F. The van der Waals surface area contributed by atoms with Gasteiger partial charge >= 0.3 is 0 Å². The van der Waals surface area contributed by atoms with Gasteiger partial charge in [-0.25, -0.2) is 14.4 Å². The minimum Gasteiger partial charge on any atom is -0.396 e. The monoisotopic (exact) mass is 326 g/mol. The summed E-state index contributed by atoms with van der Waals surface area (Å²) in [5, 5.41) is 5.47. The fourth-order valence-corrected chi connectivity index (χ4v) is 3.28. The highest BCUT2D eigenvalue weighted by Crippen LogP contribution is 2.33. The molecule has 3 aromatic rings. The van der Waals surface area contributed by atoms with Crippen molar-refractivity contribution in [2.45, 2.75) is 18.9 Å². The van der Waals surface area contributed by atoms with Crippen molar-refractivity contribution in [2.75, 3.05) is 11.1 Å². The predicted octanol–water partition coefficient (Wildman–Crippen LogP) is 4.16. The minimum absolute atomic E-state index is 0.159. The van der Waals surface area contributed by atoms with Crippen LogP contribution in [-0.2, 0) is 0 Å². The molecule has 0 spiro atoms. The number of rotatable bonds is 4. The van der Waals surface area contributed by atoms with E-state index in [4.69, 9.17) is 5.73 Å². The van der Waals surface area contributed by atoms with Crippen molar-refractivity contribution in [3.8, 4) is 0 Å². The van der Waals surface area contributed by atoms with Crippen LogP contribution in [-0.4, -0.2) is 16.0 Å². The Balaban J connectivity index is 1.66. The first-order valence-corrected chi connectivity index (χ1v) is 8.30. The van der Waals surface area contributed by atoms with Crippen molar-refractivity contribution in [2.24, 2.45) is 0 Å². The summed E-state index contributed by atoms with van der Waals surface area (Å²) in [5.41, 5.74) is 8.34. The normalized spacial score (nSPS) is 14.7. The quantitative estimate of drug-likeness (QED) is 0.707. The third-order valence-electron chi connectivity index (χ3n) is 3.78. The first-order chi connectivity index (χ1) is 11.2. The second-order valence-corrected chi connectivity index (χ2v) is 6.50. The first kappa shape index (κ1) is 14.1. The van der Waals surface area contributed by atoms with E-state index in [9.17, 15) is 4.39 Å². The number of halogens is 1. The van der Waals surface area contributed by atoms with Gasteiger partial charge in [-0.2, -0.15) is 0 Å². The van der Waals surface area contributed by atoms with E-state index in [1.165, 1.54) is 18.9 Å². The van der Waals surface area contributed by atoms with Gasteiger partial charge in [-0.05, 0) is 30.5 Å². The van der Waals surface area contributed by atoms with Crippen molar-refractivity contribution in [1.29, 1.82) is 0 Å². The lowest BCUT2D eigenvalue weighted by Crippen LogP contribution is -2.03. The molecule has 1 saturated carbocycles. The average Bonchev–Trinajstić information content (AvgIpc) is 3.26. The van der Waals surface area contributed by atoms with Crippen LogP contribution in [0.15, 0.2) is 29.9 Å². The van der Waals surface area contributed by atoms with E-state index in [1.54, 1.807) is 29.8 Å². The Kier molecular flexibility index (Phi) is 3.46. The van der Waals surface area contributed by atoms with Gasteiger partial charge in [0.25, 0.3) is 0 Å². The molecular weight excluding hydrogens is 311 g/mol. The smallest absolute Gasteiger partial charge is 0.147 e. The van der Waals surface area contributed by atoms with Gasteiger partial charge in [0.05, 0.1) is 15.9 Å². The zero-order chi connectivity index (χ0) is 15.8. The third kappa shape index (κ3) is 2.90. The number of nitrogens with two attached hydrogens (primary N) is 1. The number of thiophene rings is 1. The van der Waals surface area contributed by atoms with Crippen LogP contribution in [0, 0.1) is 5.82 Å². The Morgan fingerprint density at radius 3 is 2.91 bits per heavy atom. The molecule has 0 radical (unpaired) electrons. The van der Waals surface area contributed by atoms with E-state index < -0.39 is 5.82 Å². The molecule has 1 fully saturated rings. The van der Waals surface area contributed by atoms with Crippen LogP contribution in [0.25, 0.3) is 22.4 Å². The first-order valence-electron chi connectivity index (χ1n) is 7.42. The molecule has 4 rings (SSSR count). The minimum atomic E-state index is -0.402. The van der Waals surface area contributed by atoms with E-state index in [2.05, 4.69) is 15.3 Å². The molecule has 3 N–H and O–H groups in total. The summed E-state index contributed by atoms with van der Waals surface area (Å²) in [4.78, 5) is 8.73. The molecular formula is C17H15FN4S. The van der Waals surface area contributed by atoms with Crippen LogP contribution in [0.4, 0.5) is 15.9 Å². The van der Waals surface area contributed by atoms with Gasteiger partial charge in [-0.3, -0.25) is 0 Å². The van der Waals surface area contributed by atoms with Crippen LogP contribution in [0.1, 0.15) is 24.0 Å². The largest absolute Gasteiger partial charge is 0.396 e. The molecule has 0 aliphatic heterocycles. The van der Waals surface area contributed by atoms with Gasteiger partial charge in [0.1, 0.15) is 18.0 Å². The second-order valence-electron chi connectivity index (χ2n) is 5.62. The molecule has 1 aliphatic carbocycles. The van der Waals surface area contributed by atoms with Crippen molar-refractivity contribution in [3.05, 3.63) is 46.9 Å². The molecule has 4 nitrogen and oxygen atoms in total. The maximum Gasteiger partial charge on any atom is 0.147 e. The van der Waals surface area contributed by atoms with Gasteiger partial charge in [0.15, 0.2) is 0 Å². The molecule has 0 unspecified atom stereocenters. The van der Waals surface area contributed by atoms with Crippen LogP contribution >= 0.6 is 11.3 Å². The van der Waals surface area contributed by atoms with E-state index in [0.717, 1.165) is 27.2 Å². The Labute approximate surface area is 136 Å². The van der Waals surface area contributed by atoms with E-state index in [-0.39, 0.29) is 5.69 Å². The molecule has 6 heteroatoms. The maximum absolute atomic E-state index is 13.5. The summed E-state index contributed by atoms with van der Waals surface area (Å²) < 4.78 is 14.6.